The van der Waals surface area contributed by atoms with Crippen LogP contribution in [0.1, 0.15) is 5.56 Å². The second-order valence-corrected chi connectivity index (χ2v) is 4.78. The predicted molar refractivity (Wildman–Crippen MR) is 80.2 cm³/mol. The van der Waals surface area contributed by atoms with Crippen LogP contribution in [0.15, 0.2) is 59.5 Å². The van der Waals surface area contributed by atoms with Gasteiger partial charge in [0, 0.05) is 18.0 Å². The maximum Gasteiger partial charge on any atom is 0.255 e. The number of ether oxygens (including phenoxy) is 1. The topological polar surface area (TPSA) is 42.1 Å². The SMILES string of the molecule is O=c1[nH]ccc2cc(CCOc3ccc(F)cc3)ccc12. The first-order valence-corrected chi connectivity index (χ1v) is 6.71. The summed E-state index contributed by atoms with van der Waals surface area (Å²) >= 11 is 0. The maximum absolute atomic E-state index is 12.8. The van der Waals surface area contributed by atoms with Crippen LogP contribution in [0.4, 0.5) is 4.39 Å². The van der Waals surface area contributed by atoms with Crippen molar-refractivity contribution >= 4 is 10.8 Å². The van der Waals surface area contributed by atoms with E-state index in [-0.39, 0.29) is 11.4 Å². The van der Waals surface area contributed by atoms with Crippen LogP contribution in [0.25, 0.3) is 10.8 Å². The highest BCUT2D eigenvalue weighted by Gasteiger charge is 2.01. The van der Waals surface area contributed by atoms with Crippen molar-refractivity contribution in [1.29, 1.82) is 0 Å². The summed E-state index contributed by atoms with van der Waals surface area (Å²) in [6.07, 6.45) is 2.36. The summed E-state index contributed by atoms with van der Waals surface area (Å²) in [6.45, 7) is 0.500. The quantitative estimate of drug-likeness (QED) is 0.798. The van der Waals surface area contributed by atoms with Crippen LogP contribution in [0.3, 0.4) is 0 Å². The van der Waals surface area contributed by atoms with Crippen molar-refractivity contribution in [2.24, 2.45) is 0 Å². The fourth-order valence-electron chi connectivity index (χ4n) is 2.21. The lowest BCUT2D eigenvalue weighted by atomic mass is 10.1. The molecule has 0 unspecified atom stereocenters. The first kappa shape index (κ1) is 13.4. The third-order valence-electron chi connectivity index (χ3n) is 3.31. The Morgan fingerprint density at radius 1 is 1.05 bits per heavy atom. The minimum Gasteiger partial charge on any atom is -0.493 e. The molecule has 1 heterocycles. The van der Waals surface area contributed by atoms with E-state index >= 15 is 0 Å². The van der Waals surface area contributed by atoms with Crippen LogP contribution in [-0.4, -0.2) is 11.6 Å². The van der Waals surface area contributed by atoms with E-state index in [1.807, 2.05) is 24.3 Å². The number of benzene rings is 2. The standard InChI is InChI=1S/C17H14FNO2/c18-14-2-4-15(5-3-14)21-10-8-12-1-6-16-13(11-12)7-9-19-17(16)20/h1-7,9,11H,8,10H2,(H,19,20). The van der Waals surface area contributed by atoms with Crippen LogP contribution in [-0.2, 0) is 6.42 Å². The average molecular weight is 283 g/mol. The van der Waals surface area contributed by atoms with E-state index in [1.165, 1.54) is 12.1 Å². The Morgan fingerprint density at radius 3 is 2.67 bits per heavy atom. The minimum absolute atomic E-state index is 0.0818. The molecule has 0 saturated carbocycles. The molecule has 1 N–H and O–H groups in total. The highest BCUT2D eigenvalue weighted by molar-refractivity contribution is 5.81. The molecular formula is C17H14FNO2. The van der Waals surface area contributed by atoms with E-state index in [0.29, 0.717) is 17.7 Å². The summed E-state index contributed by atoms with van der Waals surface area (Å²) in [5.41, 5.74) is 1.01. The van der Waals surface area contributed by atoms with Crippen molar-refractivity contribution in [3.63, 3.8) is 0 Å². The van der Waals surface area contributed by atoms with Gasteiger partial charge in [0.05, 0.1) is 6.61 Å². The number of H-pyrrole nitrogens is 1. The Hall–Kier alpha value is -2.62. The molecule has 0 saturated heterocycles. The summed E-state index contributed by atoms with van der Waals surface area (Å²) in [4.78, 5) is 14.3. The van der Waals surface area contributed by atoms with Crippen LogP contribution in [0, 0.1) is 5.82 Å². The zero-order valence-electron chi connectivity index (χ0n) is 11.3. The van der Waals surface area contributed by atoms with Crippen LogP contribution in [0.2, 0.25) is 0 Å². The number of nitrogens with one attached hydrogen (secondary N) is 1. The normalized spacial score (nSPS) is 10.7. The number of fused-ring (bicyclic) bond motifs is 1. The van der Waals surface area contributed by atoms with E-state index < -0.39 is 0 Å². The van der Waals surface area contributed by atoms with E-state index in [0.717, 1.165) is 17.4 Å². The van der Waals surface area contributed by atoms with Gasteiger partial charge in [0.2, 0.25) is 0 Å². The van der Waals surface area contributed by atoms with Crippen molar-refractivity contribution in [3.05, 3.63) is 76.5 Å². The number of aromatic nitrogens is 1. The van der Waals surface area contributed by atoms with Crippen molar-refractivity contribution in [1.82, 2.24) is 4.98 Å². The molecule has 3 aromatic rings. The third kappa shape index (κ3) is 3.11. The van der Waals surface area contributed by atoms with E-state index in [2.05, 4.69) is 4.98 Å². The predicted octanol–water partition coefficient (Wildman–Crippen LogP) is 3.29. The first-order chi connectivity index (χ1) is 10.2. The van der Waals surface area contributed by atoms with Gasteiger partial charge in [-0.3, -0.25) is 4.79 Å². The fourth-order valence-corrected chi connectivity index (χ4v) is 2.21. The number of aromatic amines is 1. The van der Waals surface area contributed by atoms with Crippen molar-refractivity contribution in [2.75, 3.05) is 6.61 Å². The first-order valence-electron chi connectivity index (χ1n) is 6.71. The maximum atomic E-state index is 12.8. The molecule has 2 aromatic carbocycles. The zero-order valence-corrected chi connectivity index (χ0v) is 11.3. The highest BCUT2D eigenvalue weighted by atomic mass is 19.1. The highest BCUT2D eigenvalue weighted by Crippen LogP contribution is 2.14. The molecular weight excluding hydrogens is 269 g/mol. The number of pyridine rings is 1. The van der Waals surface area contributed by atoms with Gasteiger partial charge in [0.15, 0.2) is 0 Å². The minimum atomic E-state index is -0.276. The van der Waals surface area contributed by atoms with Crippen LogP contribution >= 0.6 is 0 Å². The Balaban J connectivity index is 1.68. The Bertz CT molecular complexity index is 809. The van der Waals surface area contributed by atoms with Gasteiger partial charge in [-0.2, -0.15) is 0 Å². The van der Waals surface area contributed by atoms with E-state index in [4.69, 9.17) is 4.74 Å². The second kappa shape index (κ2) is 5.79. The van der Waals surface area contributed by atoms with Crippen LogP contribution in [0.5, 0.6) is 5.75 Å². The van der Waals surface area contributed by atoms with Gasteiger partial charge in [-0.05, 0) is 47.3 Å². The largest absolute Gasteiger partial charge is 0.493 e. The summed E-state index contributed by atoms with van der Waals surface area (Å²) in [5, 5.41) is 1.60. The summed E-state index contributed by atoms with van der Waals surface area (Å²) in [7, 11) is 0. The molecule has 0 fully saturated rings. The van der Waals surface area contributed by atoms with Crippen LogP contribution < -0.4 is 10.3 Å². The molecule has 0 aliphatic carbocycles. The Labute approximate surface area is 121 Å². The third-order valence-corrected chi connectivity index (χ3v) is 3.31. The second-order valence-electron chi connectivity index (χ2n) is 4.78. The van der Waals surface area contributed by atoms with Gasteiger partial charge in [0.25, 0.3) is 5.56 Å². The Morgan fingerprint density at radius 2 is 1.86 bits per heavy atom. The molecule has 21 heavy (non-hydrogen) atoms. The molecule has 3 nitrogen and oxygen atoms in total. The molecule has 0 atom stereocenters. The Kier molecular flexibility index (Phi) is 3.69. The lowest BCUT2D eigenvalue weighted by molar-refractivity contribution is 0.321. The molecule has 0 aliphatic heterocycles. The molecule has 0 radical (unpaired) electrons. The lowest BCUT2D eigenvalue weighted by Crippen LogP contribution is -2.05. The van der Waals surface area contributed by atoms with Crippen molar-refractivity contribution < 1.29 is 9.13 Å². The molecule has 0 bridgehead atoms. The number of rotatable bonds is 4. The summed E-state index contributed by atoms with van der Waals surface area (Å²) in [5.74, 6) is 0.371. The molecule has 0 spiro atoms. The average Bonchev–Trinajstić information content (AvgIpc) is 2.49. The number of halogens is 1. The van der Waals surface area contributed by atoms with Gasteiger partial charge < -0.3 is 9.72 Å². The molecule has 106 valence electrons. The van der Waals surface area contributed by atoms with Gasteiger partial charge in [-0.25, -0.2) is 4.39 Å². The molecule has 4 heteroatoms. The van der Waals surface area contributed by atoms with Crippen molar-refractivity contribution in [2.45, 2.75) is 6.42 Å². The van der Waals surface area contributed by atoms with E-state index in [9.17, 15) is 9.18 Å². The smallest absolute Gasteiger partial charge is 0.255 e. The molecule has 1 aromatic heterocycles. The zero-order chi connectivity index (χ0) is 14.7. The lowest BCUT2D eigenvalue weighted by Gasteiger charge is -2.07. The fraction of sp³-hybridized carbons (Fsp3) is 0.118. The van der Waals surface area contributed by atoms with E-state index in [1.54, 1.807) is 18.3 Å². The monoisotopic (exact) mass is 283 g/mol. The van der Waals surface area contributed by atoms with Crippen molar-refractivity contribution in [3.8, 4) is 5.75 Å². The van der Waals surface area contributed by atoms with Gasteiger partial charge >= 0.3 is 0 Å². The number of hydrogen-bond donors (Lipinski definition) is 1. The molecule has 0 amide bonds. The van der Waals surface area contributed by atoms with Gasteiger partial charge in [-0.15, -0.1) is 0 Å². The summed E-state index contributed by atoms with van der Waals surface area (Å²) in [6, 6.07) is 13.6. The van der Waals surface area contributed by atoms with Gasteiger partial charge in [-0.1, -0.05) is 12.1 Å². The summed E-state index contributed by atoms with van der Waals surface area (Å²) < 4.78 is 18.3. The number of hydrogen-bond acceptors (Lipinski definition) is 2. The molecule has 0 aliphatic rings. The van der Waals surface area contributed by atoms with Gasteiger partial charge in [0.1, 0.15) is 11.6 Å². The molecule has 3 rings (SSSR count).